The largest absolute Gasteiger partial charge is 0.390 e. The second-order valence-corrected chi connectivity index (χ2v) is 6.51. The predicted octanol–water partition coefficient (Wildman–Crippen LogP) is 2.90. The van der Waals surface area contributed by atoms with E-state index in [1.54, 1.807) is 0 Å². The summed E-state index contributed by atoms with van der Waals surface area (Å²) in [6.07, 6.45) is -2.75. The molecule has 3 nitrogen and oxygen atoms in total. The van der Waals surface area contributed by atoms with Crippen LogP contribution in [0.4, 0.5) is 0 Å². The molecule has 3 atom stereocenters. The maximum atomic E-state index is 10.4. The Bertz CT molecular complexity index is 1040. The predicted molar refractivity (Wildman–Crippen MR) is 90.8 cm³/mol. The molecule has 4 aromatic rings. The van der Waals surface area contributed by atoms with Crippen molar-refractivity contribution < 1.29 is 15.3 Å². The van der Waals surface area contributed by atoms with Gasteiger partial charge in [-0.1, -0.05) is 42.5 Å². The van der Waals surface area contributed by atoms with Crippen LogP contribution in [0.15, 0.2) is 48.5 Å². The third kappa shape index (κ3) is 1.64. The van der Waals surface area contributed by atoms with Crippen LogP contribution in [0.25, 0.3) is 32.3 Å². The third-order valence-electron chi connectivity index (χ3n) is 5.24. The standard InChI is InChI=1S/C20H16O3/c21-16-9-14-13-7-6-11-3-1-2-10-4-5-12(18(13)17(10)11)8-15(14)19(22)20(16)23/h1-8,16,19-23H,9H2/t16-,19-,20-/m1/s1. The van der Waals surface area contributed by atoms with E-state index in [1.165, 1.54) is 21.5 Å². The van der Waals surface area contributed by atoms with Gasteiger partial charge in [0.2, 0.25) is 0 Å². The average Bonchev–Trinajstić information content (AvgIpc) is 2.58. The minimum atomic E-state index is -1.13. The molecule has 0 bridgehead atoms. The first kappa shape index (κ1) is 13.3. The van der Waals surface area contributed by atoms with Crippen LogP contribution >= 0.6 is 0 Å². The van der Waals surface area contributed by atoms with Gasteiger partial charge in [0, 0.05) is 6.42 Å². The van der Waals surface area contributed by atoms with E-state index in [9.17, 15) is 15.3 Å². The zero-order chi connectivity index (χ0) is 15.7. The molecule has 0 fully saturated rings. The molecule has 3 heteroatoms. The summed E-state index contributed by atoms with van der Waals surface area (Å²) in [5.74, 6) is 0. The Morgan fingerprint density at radius 3 is 2.26 bits per heavy atom. The molecule has 0 radical (unpaired) electrons. The van der Waals surface area contributed by atoms with E-state index in [2.05, 4.69) is 42.5 Å². The Morgan fingerprint density at radius 1 is 0.783 bits per heavy atom. The molecule has 5 rings (SSSR count). The molecular weight excluding hydrogens is 288 g/mol. The number of hydrogen-bond acceptors (Lipinski definition) is 3. The van der Waals surface area contributed by atoms with Crippen molar-refractivity contribution in [2.24, 2.45) is 0 Å². The molecule has 0 heterocycles. The van der Waals surface area contributed by atoms with Crippen molar-refractivity contribution in [3.63, 3.8) is 0 Å². The highest BCUT2D eigenvalue weighted by molar-refractivity contribution is 6.23. The Morgan fingerprint density at radius 2 is 1.48 bits per heavy atom. The van der Waals surface area contributed by atoms with Gasteiger partial charge in [-0.15, -0.1) is 0 Å². The van der Waals surface area contributed by atoms with Crippen LogP contribution in [0, 0.1) is 0 Å². The van der Waals surface area contributed by atoms with Gasteiger partial charge < -0.3 is 15.3 Å². The fourth-order valence-electron chi connectivity index (χ4n) is 4.11. The van der Waals surface area contributed by atoms with Crippen molar-refractivity contribution in [1.82, 2.24) is 0 Å². The minimum absolute atomic E-state index is 0.363. The average molecular weight is 304 g/mol. The lowest BCUT2D eigenvalue weighted by Crippen LogP contribution is -2.38. The third-order valence-corrected chi connectivity index (χ3v) is 5.24. The summed E-state index contributed by atoms with van der Waals surface area (Å²) in [6.45, 7) is 0. The normalized spacial score (nSPS) is 24.6. The Kier molecular flexibility index (Phi) is 2.55. The van der Waals surface area contributed by atoms with Crippen LogP contribution in [-0.4, -0.2) is 27.5 Å². The molecule has 23 heavy (non-hydrogen) atoms. The van der Waals surface area contributed by atoms with Gasteiger partial charge in [-0.3, -0.25) is 0 Å². The number of aliphatic hydroxyl groups excluding tert-OH is 3. The van der Waals surface area contributed by atoms with Crippen LogP contribution in [0.5, 0.6) is 0 Å². The summed E-state index contributed by atoms with van der Waals surface area (Å²) in [7, 11) is 0. The van der Waals surface area contributed by atoms with E-state index in [0.29, 0.717) is 6.42 Å². The number of hydrogen-bond donors (Lipinski definition) is 3. The van der Waals surface area contributed by atoms with Gasteiger partial charge in [-0.25, -0.2) is 0 Å². The summed E-state index contributed by atoms with van der Waals surface area (Å²) in [4.78, 5) is 0. The van der Waals surface area contributed by atoms with E-state index >= 15 is 0 Å². The molecule has 0 aliphatic heterocycles. The quantitative estimate of drug-likeness (QED) is 0.438. The molecule has 0 saturated carbocycles. The second kappa shape index (κ2) is 4.42. The van der Waals surface area contributed by atoms with Crippen molar-refractivity contribution in [2.75, 3.05) is 0 Å². The van der Waals surface area contributed by atoms with Crippen molar-refractivity contribution in [3.8, 4) is 0 Å². The number of benzene rings is 4. The first-order valence-corrected chi connectivity index (χ1v) is 7.88. The number of fused-ring (bicyclic) bond motifs is 2. The van der Waals surface area contributed by atoms with E-state index in [0.717, 1.165) is 21.9 Å². The highest BCUT2D eigenvalue weighted by Crippen LogP contribution is 2.41. The highest BCUT2D eigenvalue weighted by atomic mass is 16.4. The second-order valence-electron chi connectivity index (χ2n) is 6.51. The van der Waals surface area contributed by atoms with Crippen molar-refractivity contribution >= 4 is 32.3 Å². The van der Waals surface area contributed by atoms with Crippen LogP contribution in [0.2, 0.25) is 0 Å². The SMILES string of the molecule is O[C@@H]1[C@H](O)Cc2c(cc3ccc4cccc5ccc2c3c45)[C@H]1O. The molecule has 4 aromatic carbocycles. The van der Waals surface area contributed by atoms with E-state index < -0.39 is 18.3 Å². The highest BCUT2D eigenvalue weighted by Gasteiger charge is 2.34. The van der Waals surface area contributed by atoms with Crippen LogP contribution in [-0.2, 0) is 6.42 Å². The maximum Gasteiger partial charge on any atom is 0.110 e. The first-order chi connectivity index (χ1) is 11.1. The molecule has 0 spiro atoms. The lowest BCUT2D eigenvalue weighted by Gasteiger charge is -2.32. The molecule has 0 amide bonds. The fourth-order valence-corrected chi connectivity index (χ4v) is 4.11. The van der Waals surface area contributed by atoms with Crippen LogP contribution < -0.4 is 0 Å². The van der Waals surface area contributed by atoms with Crippen molar-refractivity contribution in [3.05, 3.63) is 59.7 Å². The molecule has 3 N–H and O–H groups in total. The van der Waals surface area contributed by atoms with Crippen molar-refractivity contribution in [1.29, 1.82) is 0 Å². The summed E-state index contributed by atoms with van der Waals surface area (Å²) >= 11 is 0. The van der Waals surface area contributed by atoms with Gasteiger partial charge in [-0.2, -0.15) is 0 Å². The Labute approximate surface area is 132 Å². The lowest BCUT2D eigenvalue weighted by molar-refractivity contribution is -0.0682. The summed E-state index contributed by atoms with van der Waals surface area (Å²) in [6, 6.07) is 16.5. The summed E-state index contributed by atoms with van der Waals surface area (Å²) < 4.78 is 0. The monoisotopic (exact) mass is 304 g/mol. The molecule has 0 saturated heterocycles. The van der Waals surface area contributed by atoms with Gasteiger partial charge in [0.05, 0.1) is 6.10 Å². The molecule has 1 aliphatic rings. The minimum Gasteiger partial charge on any atom is -0.390 e. The van der Waals surface area contributed by atoms with Gasteiger partial charge in [0.25, 0.3) is 0 Å². The van der Waals surface area contributed by atoms with Gasteiger partial charge in [-0.05, 0) is 49.5 Å². The Hall–Kier alpha value is -2.20. The zero-order valence-corrected chi connectivity index (χ0v) is 12.4. The molecule has 0 unspecified atom stereocenters. The fraction of sp³-hybridized carbons (Fsp3) is 0.200. The van der Waals surface area contributed by atoms with E-state index in [-0.39, 0.29) is 0 Å². The summed E-state index contributed by atoms with van der Waals surface area (Å²) in [5, 5.41) is 37.4. The van der Waals surface area contributed by atoms with E-state index in [4.69, 9.17) is 0 Å². The number of aliphatic hydroxyl groups is 3. The smallest absolute Gasteiger partial charge is 0.110 e. The first-order valence-electron chi connectivity index (χ1n) is 7.88. The van der Waals surface area contributed by atoms with Gasteiger partial charge in [0.15, 0.2) is 0 Å². The zero-order valence-electron chi connectivity index (χ0n) is 12.4. The molecule has 0 aromatic heterocycles. The van der Waals surface area contributed by atoms with Crippen LogP contribution in [0.1, 0.15) is 17.2 Å². The molecule has 114 valence electrons. The number of rotatable bonds is 0. The molecular formula is C20H16O3. The molecule has 1 aliphatic carbocycles. The summed E-state index contributed by atoms with van der Waals surface area (Å²) in [5.41, 5.74) is 1.68. The van der Waals surface area contributed by atoms with Gasteiger partial charge in [0.1, 0.15) is 12.2 Å². The Balaban J connectivity index is 1.99. The van der Waals surface area contributed by atoms with Crippen molar-refractivity contribution in [2.45, 2.75) is 24.7 Å². The van der Waals surface area contributed by atoms with Crippen LogP contribution in [0.3, 0.4) is 0 Å². The van der Waals surface area contributed by atoms with E-state index in [1.807, 2.05) is 6.07 Å². The topological polar surface area (TPSA) is 60.7 Å². The lowest BCUT2D eigenvalue weighted by atomic mass is 9.80. The maximum absolute atomic E-state index is 10.4. The van der Waals surface area contributed by atoms with Gasteiger partial charge >= 0.3 is 0 Å².